The Balaban J connectivity index is 1.23. The Morgan fingerprint density at radius 3 is 2.43 bits per heavy atom. The fourth-order valence-corrected chi connectivity index (χ4v) is 7.68. The molecule has 2 saturated heterocycles. The van der Waals surface area contributed by atoms with Crippen LogP contribution in [0.2, 0.25) is 0 Å². The average molecular weight is 660 g/mol. The normalized spacial score (nSPS) is 20.0. The number of ether oxygens (including phenoxy) is 2. The van der Waals surface area contributed by atoms with Crippen molar-refractivity contribution in [1.82, 2.24) is 4.90 Å². The summed E-state index contributed by atoms with van der Waals surface area (Å²) in [6.45, 7) is 17.5. The van der Waals surface area contributed by atoms with Crippen LogP contribution in [-0.2, 0) is 25.1 Å². The number of carbonyl (C=O) groups is 2. The van der Waals surface area contributed by atoms with E-state index in [0.717, 1.165) is 47.3 Å². The van der Waals surface area contributed by atoms with E-state index in [9.17, 15) is 9.59 Å². The summed E-state index contributed by atoms with van der Waals surface area (Å²) >= 11 is 0. The van der Waals surface area contributed by atoms with Crippen molar-refractivity contribution in [2.75, 3.05) is 19.5 Å². The molecule has 3 aromatic carbocycles. The second-order valence-electron chi connectivity index (χ2n) is 14.3. The van der Waals surface area contributed by atoms with Gasteiger partial charge in [0.25, 0.3) is 0 Å². The standard InChI is InChI=1S/C39H50NO6P/c1-25(2)32-22-29(14-15-36(32)45-37(41)34-13-10-17-40(34)38(42)39(6,7)8)23-33-27(4)20-31(21-28(33)5)43-24-47-44-18-16-35(46-47)30-12-9-11-26(3)19-30/h9,11-12,14-15,19-22,25,34-35H,10,13,16-18,23-24H2,1-8H3. The number of aryl methyl sites for hydroxylation is 3. The van der Waals surface area contributed by atoms with Crippen molar-refractivity contribution in [1.29, 1.82) is 0 Å². The van der Waals surface area contributed by atoms with Gasteiger partial charge in [0, 0.05) is 18.4 Å². The highest BCUT2D eigenvalue weighted by Crippen LogP contribution is 2.49. The molecule has 0 saturated carbocycles. The van der Waals surface area contributed by atoms with Gasteiger partial charge in [0.2, 0.25) is 14.3 Å². The minimum Gasteiger partial charge on any atom is -0.484 e. The third-order valence-electron chi connectivity index (χ3n) is 9.00. The largest absolute Gasteiger partial charge is 0.484 e. The van der Waals surface area contributed by atoms with Gasteiger partial charge in [0.1, 0.15) is 17.5 Å². The van der Waals surface area contributed by atoms with Crippen molar-refractivity contribution >= 4 is 20.3 Å². The zero-order valence-corrected chi connectivity index (χ0v) is 30.1. The number of amides is 1. The van der Waals surface area contributed by atoms with E-state index in [1.165, 1.54) is 16.7 Å². The predicted octanol–water partition coefficient (Wildman–Crippen LogP) is 9.09. The number of carbonyl (C=O) groups excluding carboxylic acids is 2. The van der Waals surface area contributed by atoms with Crippen LogP contribution in [0.3, 0.4) is 0 Å². The molecule has 0 aromatic heterocycles. The number of hydrogen-bond acceptors (Lipinski definition) is 6. The third kappa shape index (κ3) is 8.62. The fourth-order valence-electron chi connectivity index (χ4n) is 6.41. The molecular formula is C39H50NO6P. The van der Waals surface area contributed by atoms with Crippen molar-refractivity contribution in [2.45, 2.75) is 99.1 Å². The van der Waals surface area contributed by atoms with Gasteiger partial charge >= 0.3 is 5.97 Å². The Hall–Kier alpha value is -3.25. The number of esters is 1. The summed E-state index contributed by atoms with van der Waals surface area (Å²) in [4.78, 5) is 28.0. The van der Waals surface area contributed by atoms with Crippen LogP contribution in [0.1, 0.15) is 105 Å². The van der Waals surface area contributed by atoms with Gasteiger partial charge in [0.05, 0.1) is 12.7 Å². The second-order valence-corrected chi connectivity index (χ2v) is 15.7. The average Bonchev–Trinajstić information content (AvgIpc) is 3.52. The van der Waals surface area contributed by atoms with E-state index in [1.807, 2.05) is 32.9 Å². The molecule has 2 fully saturated rings. The lowest BCUT2D eigenvalue weighted by Crippen LogP contribution is -2.47. The molecule has 2 aliphatic rings. The summed E-state index contributed by atoms with van der Waals surface area (Å²) in [6, 6.07) is 18.2. The van der Waals surface area contributed by atoms with Crippen molar-refractivity contribution in [3.05, 3.63) is 93.5 Å². The Labute approximate surface area is 281 Å². The quantitative estimate of drug-likeness (QED) is 0.130. The Morgan fingerprint density at radius 1 is 1.00 bits per heavy atom. The minimum atomic E-state index is -1.15. The highest BCUT2D eigenvalue weighted by molar-refractivity contribution is 7.47. The first-order valence-corrected chi connectivity index (χ1v) is 18.2. The summed E-state index contributed by atoms with van der Waals surface area (Å²) in [5.74, 6) is 1.17. The van der Waals surface area contributed by atoms with Crippen LogP contribution >= 0.6 is 8.38 Å². The molecule has 3 aromatic rings. The van der Waals surface area contributed by atoms with Crippen molar-refractivity contribution in [3.8, 4) is 11.5 Å². The summed E-state index contributed by atoms with van der Waals surface area (Å²) in [5, 5.41) is 0. The molecule has 3 unspecified atom stereocenters. The molecule has 2 aliphatic heterocycles. The molecule has 252 valence electrons. The summed E-state index contributed by atoms with van der Waals surface area (Å²) in [7, 11) is -1.15. The van der Waals surface area contributed by atoms with E-state index >= 15 is 0 Å². The first kappa shape index (κ1) is 35.1. The third-order valence-corrected chi connectivity index (χ3v) is 10.3. The van der Waals surface area contributed by atoms with E-state index in [2.05, 4.69) is 77.1 Å². The van der Waals surface area contributed by atoms with Gasteiger partial charge in [-0.25, -0.2) is 4.79 Å². The first-order valence-electron chi connectivity index (χ1n) is 16.8. The lowest BCUT2D eigenvalue weighted by Gasteiger charge is -2.30. The Kier molecular flexibility index (Phi) is 11.1. The monoisotopic (exact) mass is 659 g/mol. The molecule has 1 amide bonds. The molecule has 0 radical (unpaired) electrons. The van der Waals surface area contributed by atoms with Gasteiger partial charge in [-0.05, 0) is 97.5 Å². The van der Waals surface area contributed by atoms with Gasteiger partial charge < -0.3 is 23.4 Å². The number of rotatable bonds is 9. The number of likely N-dealkylation sites (tertiary alicyclic amines) is 1. The SMILES string of the molecule is Cc1cccc(C2CCOP(COc3cc(C)c(Cc4ccc(OC(=O)C5CCCN5C(=O)C(C)(C)C)c(C(C)C)c4)c(C)c3)O2)c1. The molecule has 0 aliphatic carbocycles. The van der Waals surface area contributed by atoms with Crippen LogP contribution in [0.4, 0.5) is 0 Å². The van der Waals surface area contributed by atoms with Gasteiger partial charge in [-0.15, -0.1) is 0 Å². The molecule has 0 N–H and O–H groups in total. The van der Waals surface area contributed by atoms with Crippen molar-refractivity contribution < 1.29 is 28.1 Å². The summed E-state index contributed by atoms with van der Waals surface area (Å²) in [6.07, 6.45) is 3.44. The Bertz CT molecular complexity index is 1570. The number of benzene rings is 3. The van der Waals surface area contributed by atoms with Crippen LogP contribution in [0.15, 0.2) is 54.6 Å². The van der Waals surface area contributed by atoms with E-state index in [0.29, 0.717) is 31.7 Å². The van der Waals surface area contributed by atoms with Crippen LogP contribution in [0, 0.1) is 26.2 Å². The van der Waals surface area contributed by atoms with Crippen LogP contribution < -0.4 is 9.47 Å². The van der Waals surface area contributed by atoms with E-state index < -0.39 is 19.8 Å². The first-order chi connectivity index (χ1) is 22.3. The molecule has 47 heavy (non-hydrogen) atoms. The summed E-state index contributed by atoms with van der Waals surface area (Å²) < 4.78 is 24.4. The van der Waals surface area contributed by atoms with Crippen LogP contribution in [-0.4, -0.2) is 42.3 Å². The van der Waals surface area contributed by atoms with Crippen molar-refractivity contribution in [3.63, 3.8) is 0 Å². The molecule has 5 rings (SSSR count). The lowest BCUT2D eigenvalue weighted by atomic mass is 9.92. The topological polar surface area (TPSA) is 74.3 Å². The molecule has 7 nitrogen and oxygen atoms in total. The minimum absolute atomic E-state index is 0.0121. The molecule has 0 bridgehead atoms. The second kappa shape index (κ2) is 14.9. The number of nitrogens with zero attached hydrogens (tertiary/aromatic N) is 1. The van der Waals surface area contributed by atoms with Crippen LogP contribution in [0.25, 0.3) is 0 Å². The zero-order chi connectivity index (χ0) is 33.9. The van der Waals surface area contributed by atoms with E-state index in [-0.39, 0.29) is 23.9 Å². The zero-order valence-electron chi connectivity index (χ0n) is 29.2. The molecule has 3 atom stereocenters. The van der Waals surface area contributed by atoms with Crippen molar-refractivity contribution in [2.24, 2.45) is 5.41 Å². The Morgan fingerprint density at radius 2 is 1.74 bits per heavy atom. The predicted molar refractivity (Wildman–Crippen MR) is 187 cm³/mol. The molecule has 2 heterocycles. The van der Waals surface area contributed by atoms with Gasteiger partial charge in [-0.2, -0.15) is 0 Å². The summed E-state index contributed by atoms with van der Waals surface area (Å²) in [5.41, 5.74) is 7.56. The van der Waals surface area contributed by atoms with E-state index in [1.54, 1.807) is 4.90 Å². The maximum absolute atomic E-state index is 13.3. The highest BCUT2D eigenvalue weighted by atomic mass is 31.2. The van der Waals surface area contributed by atoms with E-state index in [4.69, 9.17) is 18.5 Å². The molecule has 0 spiro atoms. The van der Waals surface area contributed by atoms with Gasteiger partial charge in [-0.3, -0.25) is 4.79 Å². The lowest BCUT2D eigenvalue weighted by molar-refractivity contribution is -0.150. The molecule has 8 heteroatoms. The smallest absolute Gasteiger partial charge is 0.334 e. The highest BCUT2D eigenvalue weighted by Gasteiger charge is 2.39. The van der Waals surface area contributed by atoms with Crippen LogP contribution in [0.5, 0.6) is 11.5 Å². The maximum atomic E-state index is 13.3. The van der Waals surface area contributed by atoms with Gasteiger partial charge in [0.15, 0.2) is 6.35 Å². The molecular weight excluding hydrogens is 609 g/mol. The maximum Gasteiger partial charge on any atom is 0.334 e. The number of hydrogen-bond donors (Lipinski definition) is 0. The fraction of sp³-hybridized carbons (Fsp3) is 0.487. The van der Waals surface area contributed by atoms with Gasteiger partial charge in [-0.1, -0.05) is 76.6 Å².